The molecule has 1 aliphatic rings. The minimum absolute atomic E-state index is 0.112. The SMILES string of the molecule is COC(=O)c1cccc2cc(CN)oc12.COC(=O)c1cccc2cc(CN3Cc4cccnc4C3=O)oc12. The van der Waals surface area contributed by atoms with E-state index in [1.165, 1.54) is 14.2 Å². The van der Waals surface area contributed by atoms with Crippen LogP contribution in [0.2, 0.25) is 0 Å². The maximum atomic E-state index is 12.4. The van der Waals surface area contributed by atoms with Crippen molar-refractivity contribution in [2.24, 2.45) is 5.73 Å². The molecule has 198 valence electrons. The van der Waals surface area contributed by atoms with Gasteiger partial charge in [-0.3, -0.25) is 9.78 Å². The molecule has 10 heteroatoms. The van der Waals surface area contributed by atoms with Crippen LogP contribution in [0.25, 0.3) is 21.9 Å². The summed E-state index contributed by atoms with van der Waals surface area (Å²) in [6, 6.07) is 18.0. The van der Waals surface area contributed by atoms with Crippen molar-refractivity contribution < 1.29 is 32.7 Å². The zero-order chi connectivity index (χ0) is 27.5. The third-order valence-corrected chi connectivity index (χ3v) is 6.29. The van der Waals surface area contributed by atoms with Gasteiger partial charge in [0.25, 0.3) is 5.91 Å². The highest BCUT2D eigenvalue weighted by molar-refractivity contribution is 6.03. The summed E-state index contributed by atoms with van der Waals surface area (Å²) in [5, 5.41) is 1.66. The molecule has 5 aromatic rings. The number of pyridine rings is 1. The number of furan rings is 2. The van der Waals surface area contributed by atoms with Crippen molar-refractivity contribution in [3.8, 4) is 0 Å². The van der Waals surface area contributed by atoms with Crippen LogP contribution in [0.15, 0.2) is 75.7 Å². The molecule has 0 fully saturated rings. The first-order chi connectivity index (χ1) is 18.9. The summed E-state index contributed by atoms with van der Waals surface area (Å²) >= 11 is 0. The number of fused-ring (bicyclic) bond motifs is 3. The van der Waals surface area contributed by atoms with Crippen molar-refractivity contribution in [2.45, 2.75) is 19.6 Å². The fourth-order valence-electron chi connectivity index (χ4n) is 4.45. The minimum Gasteiger partial charge on any atom is -0.465 e. The number of carbonyl (C=O) groups is 3. The Morgan fingerprint density at radius 2 is 1.49 bits per heavy atom. The maximum absolute atomic E-state index is 12.4. The predicted molar refractivity (Wildman–Crippen MR) is 141 cm³/mol. The number of amides is 1. The van der Waals surface area contributed by atoms with Crippen molar-refractivity contribution in [1.29, 1.82) is 0 Å². The minimum atomic E-state index is -0.449. The summed E-state index contributed by atoms with van der Waals surface area (Å²) in [6.45, 7) is 1.14. The number of nitrogens with two attached hydrogens (primary N) is 1. The second-order valence-electron chi connectivity index (χ2n) is 8.73. The average Bonchev–Trinajstić information content (AvgIpc) is 3.67. The number of hydrogen-bond acceptors (Lipinski definition) is 9. The van der Waals surface area contributed by atoms with Gasteiger partial charge in [0.1, 0.15) is 39.5 Å². The Labute approximate surface area is 222 Å². The highest BCUT2D eigenvalue weighted by Crippen LogP contribution is 2.28. The third-order valence-electron chi connectivity index (χ3n) is 6.29. The molecule has 2 N–H and O–H groups in total. The van der Waals surface area contributed by atoms with E-state index in [9.17, 15) is 14.4 Å². The summed E-state index contributed by atoms with van der Waals surface area (Å²) in [6.07, 6.45) is 1.62. The number of esters is 2. The quantitative estimate of drug-likeness (QED) is 0.329. The first-order valence-corrected chi connectivity index (χ1v) is 12.1. The van der Waals surface area contributed by atoms with E-state index in [1.807, 2.05) is 36.4 Å². The van der Waals surface area contributed by atoms with Gasteiger partial charge in [0.2, 0.25) is 0 Å². The second-order valence-corrected chi connectivity index (χ2v) is 8.73. The number of rotatable bonds is 5. The van der Waals surface area contributed by atoms with E-state index in [1.54, 1.807) is 35.4 Å². The van der Waals surface area contributed by atoms with Crippen molar-refractivity contribution in [3.63, 3.8) is 0 Å². The van der Waals surface area contributed by atoms with Crippen LogP contribution in [0.4, 0.5) is 0 Å². The molecule has 0 saturated heterocycles. The maximum Gasteiger partial charge on any atom is 0.341 e. The molecule has 0 radical (unpaired) electrons. The largest absolute Gasteiger partial charge is 0.465 e. The van der Waals surface area contributed by atoms with Crippen molar-refractivity contribution in [3.05, 3.63) is 101 Å². The molecule has 10 nitrogen and oxygen atoms in total. The fourth-order valence-corrected chi connectivity index (χ4v) is 4.45. The lowest BCUT2D eigenvalue weighted by molar-refractivity contribution is 0.0592. The van der Waals surface area contributed by atoms with Crippen LogP contribution in [-0.2, 0) is 29.1 Å². The van der Waals surface area contributed by atoms with Crippen LogP contribution in [0, 0.1) is 0 Å². The van der Waals surface area contributed by atoms with E-state index in [0.717, 1.165) is 16.3 Å². The van der Waals surface area contributed by atoms with Gasteiger partial charge in [-0.05, 0) is 30.3 Å². The lowest BCUT2D eigenvalue weighted by atomic mass is 10.1. The Kier molecular flexibility index (Phi) is 7.11. The topological polar surface area (TPSA) is 138 Å². The van der Waals surface area contributed by atoms with E-state index in [2.05, 4.69) is 9.72 Å². The average molecular weight is 528 g/mol. The molecule has 0 aliphatic carbocycles. The molecule has 39 heavy (non-hydrogen) atoms. The van der Waals surface area contributed by atoms with Crippen LogP contribution in [-0.4, -0.2) is 41.9 Å². The lowest BCUT2D eigenvalue weighted by Gasteiger charge is -2.12. The fraction of sp³-hybridized carbons (Fsp3) is 0.172. The van der Waals surface area contributed by atoms with Crippen LogP contribution in [0.3, 0.4) is 0 Å². The molecule has 6 rings (SSSR count). The smallest absolute Gasteiger partial charge is 0.341 e. The summed E-state index contributed by atoms with van der Waals surface area (Å²) in [7, 11) is 2.67. The Morgan fingerprint density at radius 1 is 0.897 bits per heavy atom. The van der Waals surface area contributed by atoms with Gasteiger partial charge < -0.3 is 28.9 Å². The Morgan fingerprint density at radius 3 is 2.05 bits per heavy atom. The van der Waals surface area contributed by atoms with Crippen molar-refractivity contribution in [2.75, 3.05) is 14.2 Å². The molecule has 0 unspecified atom stereocenters. The number of ether oxygens (including phenoxy) is 2. The summed E-state index contributed by atoms with van der Waals surface area (Å²) in [5.41, 5.74) is 8.67. The Balaban J connectivity index is 0.000000177. The van der Waals surface area contributed by atoms with Gasteiger partial charge in [-0.15, -0.1) is 0 Å². The molecular formula is C29H25N3O7. The first-order valence-electron chi connectivity index (χ1n) is 12.1. The summed E-state index contributed by atoms with van der Waals surface area (Å²) in [5.74, 6) is 0.303. The van der Waals surface area contributed by atoms with Gasteiger partial charge in [0, 0.05) is 29.1 Å². The molecule has 0 atom stereocenters. The van der Waals surface area contributed by atoms with E-state index in [4.69, 9.17) is 19.3 Å². The second kappa shape index (κ2) is 10.8. The number of para-hydroxylation sites is 2. The van der Waals surface area contributed by atoms with Gasteiger partial charge in [-0.1, -0.05) is 30.3 Å². The van der Waals surface area contributed by atoms with E-state index >= 15 is 0 Å². The molecule has 3 aromatic heterocycles. The molecule has 0 spiro atoms. The molecule has 0 bridgehead atoms. The van der Waals surface area contributed by atoms with Gasteiger partial charge in [-0.2, -0.15) is 0 Å². The third kappa shape index (κ3) is 4.97. The number of methoxy groups -OCH3 is 2. The van der Waals surface area contributed by atoms with Gasteiger partial charge in [-0.25, -0.2) is 9.59 Å². The summed E-state index contributed by atoms with van der Waals surface area (Å²) < 4.78 is 20.7. The zero-order valence-electron chi connectivity index (χ0n) is 21.3. The molecule has 1 aliphatic heterocycles. The Hall–Kier alpha value is -4.96. The highest BCUT2D eigenvalue weighted by atomic mass is 16.5. The monoisotopic (exact) mass is 527 g/mol. The van der Waals surface area contributed by atoms with E-state index in [-0.39, 0.29) is 5.91 Å². The van der Waals surface area contributed by atoms with Crippen molar-refractivity contribution in [1.82, 2.24) is 9.88 Å². The van der Waals surface area contributed by atoms with E-state index in [0.29, 0.717) is 59.1 Å². The molecule has 2 aromatic carbocycles. The molecule has 4 heterocycles. The van der Waals surface area contributed by atoms with Gasteiger partial charge in [0.15, 0.2) is 0 Å². The first kappa shape index (κ1) is 25.7. The predicted octanol–water partition coefficient (Wildman–Crippen LogP) is 4.45. The Bertz CT molecular complexity index is 1700. The van der Waals surface area contributed by atoms with Gasteiger partial charge >= 0.3 is 11.9 Å². The number of carbonyl (C=O) groups excluding carboxylic acids is 3. The normalized spacial score (nSPS) is 12.3. The molecule has 0 saturated carbocycles. The highest BCUT2D eigenvalue weighted by Gasteiger charge is 2.29. The van der Waals surface area contributed by atoms with Crippen molar-refractivity contribution >= 4 is 39.8 Å². The van der Waals surface area contributed by atoms with Gasteiger partial charge in [0.05, 0.1) is 27.3 Å². The standard InChI is InChI=1S/C18H14N2O4.C11H11NO3/c1-23-18(22)14-6-2-4-11-8-13(24-16(11)14)10-20-9-12-5-3-7-19-15(12)17(20)21;1-14-11(13)9-4-2-3-7-5-8(6-12)15-10(7)9/h2-8H,9-10H2,1H3;2-5H,6,12H2,1H3. The zero-order valence-corrected chi connectivity index (χ0v) is 21.3. The summed E-state index contributed by atoms with van der Waals surface area (Å²) in [4.78, 5) is 41.4. The molecule has 1 amide bonds. The van der Waals surface area contributed by atoms with Crippen LogP contribution in [0.5, 0.6) is 0 Å². The lowest BCUT2D eigenvalue weighted by Crippen LogP contribution is -2.23. The number of aromatic nitrogens is 1. The van der Waals surface area contributed by atoms with Crippen LogP contribution >= 0.6 is 0 Å². The van der Waals surface area contributed by atoms with E-state index < -0.39 is 11.9 Å². The number of nitrogens with zero attached hydrogens (tertiary/aromatic N) is 2. The number of hydrogen-bond donors (Lipinski definition) is 1. The van der Waals surface area contributed by atoms with Crippen LogP contribution in [0.1, 0.15) is 48.3 Å². The molecular weight excluding hydrogens is 502 g/mol. The van der Waals surface area contributed by atoms with Crippen LogP contribution < -0.4 is 5.73 Å². The number of benzene rings is 2.